The van der Waals surface area contributed by atoms with Gasteiger partial charge in [0.2, 0.25) is 0 Å². The summed E-state index contributed by atoms with van der Waals surface area (Å²) in [6, 6.07) is 0. The van der Waals surface area contributed by atoms with E-state index in [1.54, 1.807) is 6.92 Å². The molecule has 0 spiro atoms. The number of carbonyl (C=O) groups is 1. The highest BCUT2D eigenvalue weighted by molar-refractivity contribution is 7.09. The zero-order valence-electron chi connectivity index (χ0n) is 7.75. The number of alkyl halides is 3. The van der Waals surface area contributed by atoms with Crippen molar-refractivity contribution in [2.75, 3.05) is 6.61 Å². The maximum Gasteiger partial charge on any atom is 0.434 e. The smallest absolute Gasteiger partial charge is 0.434 e. The van der Waals surface area contributed by atoms with Gasteiger partial charge in [-0.3, -0.25) is 4.79 Å². The summed E-state index contributed by atoms with van der Waals surface area (Å²) in [6.07, 6.45) is -4.45. The Hall–Kier alpha value is -1.11. The third-order valence-corrected chi connectivity index (χ3v) is 2.79. The first-order chi connectivity index (χ1) is 6.96. The molecule has 7 heteroatoms. The number of thiazole rings is 1. The molecule has 0 saturated carbocycles. The van der Waals surface area contributed by atoms with Gasteiger partial charge in [0.1, 0.15) is 0 Å². The van der Waals surface area contributed by atoms with Gasteiger partial charge in [-0.2, -0.15) is 13.2 Å². The van der Waals surface area contributed by atoms with Gasteiger partial charge in [-0.05, 0) is 0 Å². The lowest BCUT2D eigenvalue weighted by atomic mass is 10.1. The fraction of sp³-hybridized carbons (Fsp3) is 0.500. The molecular weight excluding hydrogens is 231 g/mol. The van der Waals surface area contributed by atoms with Crippen molar-refractivity contribution in [1.29, 1.82) is 0 Å². The van der Waals surface area contributed by atoms with Crippen LogP contribution in [-0.4, -0.2) is 18.1 Å². The van der Waals surface area contributed by atoms with E-state index >= 15 is 0 Å². The van der Waals surface area contributed by atoms with Gasteiger partial charge in [0.15, 0.2) is 5.69 Å². The number of nitrogens with zero attached hydrogens (tertiary/aromatic N) is 1. The van der Waals surface area contributed by atoms with Crippen molar-refractivity contribution in [3.05, 3.63) is 16.1 Å². The summed E-state index contributed by atoms with van der Waals surface area (Å²) in [7, 11) is 0. The molecule has 0 N–H and O–H groups in total. The van der Waals surface area contributed by atoms with Crippen molar-refractivity contribution in [3.63, 3.8) is 0 Å². The summed E-state index contributed by atoms with van der Waals surface area (Å²) in [5.74, 6) is -0.501. The molecule has 84 valence electrons. The minimum absolute atomic E-state index is 0.0746. The van der Waals surface area contributed by atoms with Crippen LogP contribution in [0.5, 0.6) is 0 Å². The van der Waals surface area contributed by atoms with Crippen LogP contribution < -0.4 is 0 Å². The van der Waals surface area contributed by atoms with E-state index in [2.05, 4.69) is 9.72 Å². The first kappa shape index (κ1) is 12.0. The Kier molecular flexibility index (Phi) is 3.67. The van der Waals surface area contributed by atoms with Gasteiger partial charge in [0, 0.05) is 10.8 Å². The number of rotatable bonds is 4. The third kappa shape index (κ3) is 2.92. The Morgan fingerprint density at radius 1 is 1.67 bits per heavy atom. The number of ether oxygens (including phenoxy) is 1. The molecule has 0 bridgehead atoms. The Morgan fingerprint density at radius 2 is 2.33 bits per heavy atom. The van der Waals surface area contributed by atoms with Crippen molar-refractivity contribution in [2.24, 2.45) is 0 Å². The molecule has 0 aliphatic heterocycles. The second-order valence-corrected chi connectivity index (χ2v) is 3.78. The quantitative estimate of drug-likeness (QED) is 0.757. The Morgan fingerprint density at radius 3 is 2.87 bits per heavy atom. The van der Waals surface area contributed by atoms with Crippen LogP contribution in [0.25, 0.3) is 0 Å². The second-order valence-electron chi connectivity index (χ2n) is 2.89. The van der Waals surface area contributed by atoms with Gasteiger partial charge < -0.3 is 4.74 Å². The molecule has 0 aliphatic carbocycles. The lowest BCUT2D eigenvalue weighted by Crippen LogP contribution is -2.12. The predicted octanol–water partition coefficient (Wildman–Crippen LogP) is 2.44. The maximum absolute atomic E-state index is 12.4. The van der Waals surface area contributed by atoms with Crippen molar-refractivity contribution in [2.45, 2.75) is 19.0 Å². The maximum atomic E-state index is 12.4. The molecule has 1 aromatic heterocycles. The SMILES string of the molecule is CC(COC=O)c1scnc1C(F)(F)F. The zero-order chi connectivity index (χ0) is 11.5. The highest BCUT2D eigenvalue weighted by atomic mass is 32.1. The summed E-state index contributed by atoms with van der Waals surface area (Å²) in [5.41, 5.74) is 0.241. The summed E-state index contributed by atoms with van der Waals surface area (Å²) in [4.78, 5) is 13.3. The van der Waals surface area contributed by atoms with Gasteiger partial charge in [-0.25, -0.2) is 4.98 Å². The standard InChI is InChI=1S/C8H8F3NO2S/c1-5(2-14-4-13)6-7(8(9,10)11)12-3-15-6/h3-5H,2H2,1H3. The lowest BCUT2D eigenvalue weighted by Gasteiger charge is -2.11. The highest BCUT2D eigenvalue weighted by Crippen LogP contribution is 2.36. The van der Waals surface area contributed by atoms with Gasteiger partial charge in [0.05, 0.1) is 12.1 Å². The van der Waals surface area contributed by atoms with E-state index in [0.29, 0.717) is 0 Å². The number of carbonyl (C=O) groups excluding carboxylic acids is 1. The van der Waals surface area contributed by atoms with Crippen molar-refractivity contribution < 1.29 is 22.7 Å². The van der Waals surface area contributed by atoms with Crippen LogP contribution in [0.3, 0.4) is 0 Å². The fourth-order valence-electron chi connectivity index (χ4n) is 1.08. The number of halogens is 3. The van der Waals surface area contributed by atoms with E-state index in [9.17, 15) is 18.0 Å². The summed E-state index contributed by atoms with van der Waals surface area (Å²) in [6.45, 7) is 1.69. The molecule has 0 radical (unpaired) electrons. The Balaban J connectivity index is 2.85. The van der Waals surface area contributed by atoms with Crippen LogP contribution in [0.15, 0.2) is 5.51 Å². The van der Waals surface area contributed by atoms with Crippen molar-refractivity contribution in [1.82, 2.24) is 4.98 Å². The van der Waals surface area contributed by atoms with Crippen LogP contribution in [0.2, 0.25) is 0 Å². The number of hydrogen-bond donors (Lipinski definition) is 0. The average Bonchev–Trinajstić information content (AvgIpc) is 2.61. The van der Waals surface area contributed by atoms with Gasteiger partial charge >= 0.3 is 6.18 Å². The first-order valence-corrected chi connectivity index (χ1v) is 4.90. The highest BCUT2D eigenvalue weighted by Gasteiger charge is 2.37. The van der Waals surface area contributed by atoms with E-state index in [1.807, 2.05) is 0 Å². The molecule has 3 nitrogen and oxygen atoms in total. The lowest BCUT2D eigenvalue weighted by molar-refractivity contribution is -0.141. The Labute approximate surface area is 87.9 Å². The normalized spacial score (nSPS) is 13.6. The molecule has 0 aromatic carbocycles. The van der Waals surface area contributed by atoms with E-state index in [1.165, 1.54) is 0 Å². The van der Waals surface area contributed by atoms with Gasteiger partial charge in [-0.15, -0.1) is 11.3 Å². The molecule has 0 aliphatic rings. The molecule has 1 rings (SSSR count). The second kappa shape index (κ2) is 4.61. The molecule has 1 unspecified atom stereocenters. The van der Waals surface area contributed by atoms with Crippen LogP contribution >= 0.6 is 11.3 Å². The van der Waals surface area contributed by atoms with Gasteiger partial charge in [0.25, 0.3) is 6.47 Å². The minimum Gasteiger partial charge on any atom is -0.467 e. The van der Waals surface area contributed by atoms with Crippen LogP contribution in [0, 0.1) is 0 Å². The van der Waals surface area contributed by atoms with Crippen LogP contribution in [-0.2, 0) is 15.7 Å². The molecule has 0 saturated heterocycles. The zero-order valence-corrected chi connectivity index (χ0v) is 8.56. The number of aromatic nitrogens is 1. The monoisotopic (exact) mass is 239 g/mol. The topological polar surface area (TPSA) is 39.2 Å². The fourth-order valence-corrected chi connectivity index (χ4v) is 1.93. The Bertz CT molecular complexity index is 337. The summed E-state index contributed by atoms with van der Waals surface area (Å²) < 4.78 is 41.6. The van der Waals surface area contributed by atoms with E-state index in [0.717, 1.165) is 16.8 Å². The van der Waals surface area contributed by atoms with Crippen molar-refractivity contribution >= 4 is 17.8 Å². The van der Waals surface area contributed by atoms with E-state index < -0.39 is 17.8 Å². The average molecular weight is 239 g/mol. The predicted molar refractivity (Wildman–Crippen MR) is 47.5 cm³/mol. The molecule has 15 heavy (non-hydrogen) atoms. The molecule has 1 heterocycles. The summed E-state index contributed by atoms with van der Waals surface area (Å²) in [5, 5.41) is 0. The summed E-state index contributed by atoms with van der Waals surface area (Å²) >= 11 is 0.908. The number of hydrogen-bond acceptors (Lipinski definition) is 4. The molecule has 0 fully saturated rings. The van der Waals surface area contributed by atoms with Crippen LogP contribution in [0.4, 0.5) is 13.2 Å². The van der Waals surface area contributed by atoms with Gasteiger partial charge in [-0.1, -0.05) is 6.92 Å². The first-order valence-electron chi connectivity index (χ1n) is 4.02. The van der Waals surface area contributed by atoms with E-state index in [-0.39, 0.29) is 18.0 Å². The van der Waals surface area contributed by atoms with Crippen molar-refractivity contribution in [3.8, 4) is 0 Å². The van der Waals surface area contributed by atoms with Crippen LogP contribution in [0.1, 0.15) is 23.4 Å². The third-order valence-electron chi connectivity index (χ3n) is 1.73. The largest absolute Gasteiger partial charge is 0.467 e. The molecule has 1 atom stereocenters. The molecular formula is C8H8F3NO2S. The molecule has 0 amide bonds. The molecule has 1 aromatic rings. The van der Waals surface area contributed by atoms with E-state index in [4.69, 9.17) is 0 Å². The minimum atomic E-state index is -4.45.